The summed E-state index contributed by atoms with van der Waals surface area (Å²) in [6.45, 7) is 1.87. The van der Waals surface area contributed by atoms with E-state index in [0.29, 0.717) is 3.57 Å². The van der Waals surface area contributed by atoms with Crippen molar-refractivity contribution in [2.45, 2.75) is 19.8 Å². The summed E-state index contributed by atoms with van der Waals surface area (Å²) < 4.78 is 35.8. The van der Waals surface area contributed by atoms with E-state index in [9.17, 15) is 13.6 Å². The van der Waals surface area contributed by atoms with Gasteiger partial charge >= 0.3 is 5.97 Å². The lowest BCUT2D eigenvalue weighted by molar-refractivity contribution is -0.142. The Morgan fingerprint density at radius 3 is 2.72 bits per heavy atom. The van der Waals surface area contributed by atoms with Gasteiger partial charge in [-0.3, -0.25) is 4.79 Å². The average molecular weight is 371 g/mol. The van der Waals surface area contributed by atoms with E-state index in [0.717, 1.165) is 6.20 Å². The Labute approximate surface area is 117 Å². The maximum Gasteiger partial charge on any atom is 0.310 e. The number of hydrogen-bond acceptors (Lipinski definition) is 4. The van der Waals surface area contributed by atoms with Gasteiger partial charge in [0.2, 0.25) is 5.88 Å². The summed E-state index contributed by atoms with van der Waals surface area (Å²) in [5.41, 5.74) is -0.0656. The van der Waals surface area contributed by atoms with Crippen LogP contribution in [-0.4, -0.2) is 24.7 Å². The van der Waals surface area contributed by atoms with Crippen molar-refractivity contribution in [3.63, 3.8) is 0 Å². The number of aromatic nitrogens is 1. The first-order valence-corrected chi connectivity index (χ1v) is 6.24. The Morgan fingerprint density at radius 1 is 1.56 bits per heavy atom. The Hall–Kier alpha value is -0.990. The van der Waals surface area contributed by atoms with Gasteiger partial charge in [-0.05, 0) is 35.1 Å². The number of alkyl halides is 2. The molecule has 100 valence electrons. The van der Waals surface area contributed by atoms with Crippen LogP contribution in [-0.2, 0) is 16.0 Å². The smallest absolute Gasteiger partial charge is 0.310 e. The molecule has 4 nitrogen and oxygen atoms in total. The Balaban J connectivity index is 3.15. The van der Waals surface area contributed by atoms with Crippen LogP contribution in [0.25, 0.3) is 0 Å². The third-order valence-electron chi connectivity index (χ3n) is 2.18. The van der Waals surface area contributed by atoms with E-state index in [1.807, 2.05) is 22.6 Å². The fourth-order valence-corrected chi connectivity index (χ4v) is 2.25. The van der Waals surface area contributed by atoms with Gasteiger partial charge in [0.15, 0.2) is 0 Å². The number of hydrogen-bond donors (Lipinski definition) is 0. The standard InChI is InChI=1S/C11H12F2INO3/c1-3-18-8(16)4-6-7(10(12)13)5-15-11(17-2)9(6)14/h5,10H,3-4H2,1-2H3. The molecule has 0 aliphatic rings. The molecule has 0 fully saturated rings. The van der Waals surface area contributed by atoms with Gasteiger partial charge in [-0.25, -0.2) is 13.8 Å². The van der Waals surface area contributed by atoms with Crippen LogP contribution in [0.5, 0.6) is 5.88 Å². The molecule has 0 bridgehead atoms. The van der Waals surface area contributed by atoms with E-state index in [1.165, 1.54) is 7.11 Å². The van der Waals surface area contributed by atoms with Crippen molar-refractivity contribution in [1.82, 2.24) is 4.98 Å². The van der Waals surface area contributed by atoms with Gasteiger partial charge in [-0.15, -0.1) is 0 Å². The molecule has 0 aliphatic heterocycles. The molecule has 7 heteroatoms. The molecule has 0 unspecified atom stereocenters. The molecule has 0 aliphatic carbocycles. The summed E-state index contributed by atoms with van der Waals surface area (Å²) in [4.78, 5) is 15.2. The van der Waals surface area contributed by atoms with Gasteiger partial charge < -0.3 is 9.47 Å². The fraction of sp³-hybridized carbons (Fsp3) is 0.455. The van der Waals surface area contributed by atoms with Crippen molar-refractivity contribution in [3.8, 4) is 5.88 Å². The van der Waals surface area contributed by atoms with Gasteiger partial charge in [0.25, 0.3) is 6.43 Å². The minimum absolute atomic E-state index is 0.205. The molecule has 1 aromatic rings. The number of methoxy groups -OCH3 is 1. The summed E-state index contributed by atoms with van der Waals surface area (Å²) in [5.74, 6) is -0.329. The highest BCUT2D eigenvalue weighted by Crippen LogP contribution is 2.31. The van der Waals surface area contributed by atoms with Crippen LogP contribution in [0.15, 0.2) is 6.20 Å². The highest BCUT2D eigenvalue weighted by molar-refractivity contribution is 14.1. The maximum absolute atomic E-state index is 12.8. The highest BCUT2D eigenvalue weighted by Gasteiger charge is 2.22. The first-order chi connectivity index (χ1) is 8.51. The SMILES string of the molecule is CCOC(=O)Cc1c(C(F)F)cnc(OC)c1I. The molecule has 0 saturated carbocycles. The summed E-state index contributed by atoms with van der Waals surface area (Å²) >= 11 is 1.83. The van der Waals surface area contributed by atoms with Crippen LogP contribution < -0.4 is 4.74 Å². The third-order valence-corrected chi connectivity index (χ3v) is 3.29. The van der Waals surface area contributed by atoms with E-state index in [4.69, 9.17) is 9.47 Å². The molecule has 1 aromatic heterocycles. The van der Waals surface area contributed by atoms with Gasteiger partial charge in [-0.2, -0.15) is 0 Å². The van der Waals surface area contributed by atoms with E-state index < -0.39 is 12.4 Å². The van der Waals surface area contributed by atoms with Gasteiger partial charge in [0.1, 0.15) is 0 Å². The fourth-order valence-electron chi connectivity index (χ4n) is 1.38. The van der Waals surface area contributed by atoms with E-state index in [2.05, 4.69) is 4.98 Å². The minimum Gasteiger partial charge on any atom is -0.480 e. The largest absolute Gasteiger partial charge is 0.480 e. The molecule has 1 rings (SSSR count). The predicted octanol–water partition coefficient (Wildman–Crippen LogP) is 2.74. The zero-order valence-electron chi connectivity index (χ0n) is 9.87. The van der Waals surface area contributed by atoms with Crippen molar-refractivity contribution in [2.24, 2.45) is 0 Å². The molecule has 0 amide bonds. The van der Waals surface area contributed by atoms with Crippen molar-refractivity contribution in [1.29, 1.82) is 0 Å². The van der Waals surface area contributed by atoms with Crippen LogP contribution in [0.3, 0.4) is 0 Å². The van der Waals surface area contributed by atoms with Crippen molar-refractivity contribution < 1.29 is 23.0 Å². The van der Waals surface area contributed by atoms with Gasteiger partial charge in [0.05, 0.1) is 23.7 Å². The number of nitrogens with zero attached hydrogens (tertiary/aromatic N) is 1. The molecule has 0 spiro atoms. The lowest BCUT2D eigenvalue weighted by Crippen LogP contribution is -2.12. The van der Waals surface area contributed by atoms with E-state index in [-0.39, 0.29) is 30.0 Å². The molecule has 0 aromatic carbocycles. The molecular weight excluding hydrogens is 359 g/mol. The van der Waals surface area contributed by atoms with Crippen molar-refractivity contribution in [3.05, 3.63) is 20.9 Å². The number of pyridine rings is 1. The van der Waals surface area contributed by atoms with E-state index >= 15 is 0 Å². The quantitative estimate of drug-likeness (QED) is 0.590. The van der Waals surface area contributed by atoms with Crippen LogP contribution >= 0.6 is 22.6 Å². The zero-order valence-corrected chi connectivity index (χ0v) is 12.0. The first kappa shape index (κ1) is 15.1. The molecule has 0 atom stereocenters. The molecule has 18 heavy (non-hydrogen) atoms. The number of ether oxygens (including phenoxy) is 2. The Morgan fingerprint density at radius 2 is 2.22 bits per heavy atom. The number of rotatable bonds is 5. The van der Waals surface area contributed by atoms with Crippen LogP contribution in [0.4, 0.5) is 8.78 Å². The Kier molecular flexibility index (Phi) is 5.70. The second-order valence-electron chi connectivity index (χ2n) is 3.30. The number of esters is 1. The summed E-state index contributed by atoms with van der Waals surface area (Å²) in [6.07, 6.45) is -1.88. The van der Waals surface area contributed by atoms with E-state index in [1.54, 1.807) is 6.92 Å². The first-order valence-electron chi connectivity index (χ1n) is 5.16. The second-order valence-corrected chi connectivity index (χ2v) is 4.38. The second kappa shape index (κ2) is 6.81. The predicted molar refractivity (Wildman–Crippen MR) is 68.8 cm³/mol. The third kappa shape index (κ3) is 3.50. The maximum atomic E-state index is 12.8. The van der Waals surface area contributed by atoms with Crippen molar-refractivity contribution >= 4 is 28.6 Å². The Bertz CT molecular complexity index is 441. The zero-order chi connectivity index (χ0) is 13.7. The van der Waals surface area contributed by atoms with Crippen molar-refractivity contribution in [2.75, 3.05) is 13.7 Å². The molecular formula is C11H12F2INO3. The topological polar surface area (TPSA) is 48.4 Å². The molecule has 0 saturated heterocycles. The lowest BCUT2D eigenvalue weighted by Gasteiger charge is -2.12. The lowest BCUT2D eigenvalue weighted by atomic mass is 10.1. The number of halogens is 3. The van der Waals surface area contributed by atoms with Gasteiger partial charge in [0, 0.05) is 11.8 Å². The van der Waals surface area contributed by atoms with Gasteiger partial charge in [-0.1, -0.05) is 0 Å². The van der Waals surface area contributed by atoms with Crippen LogP contribution in [0.2, 0.25) is 0 Å². The van der Waals surface area contributed by atoms with Crippen LogP contribution in [0.1, 0.15) is 24.5 Å². The molecule has 1 heterocycles. The summed E-state index contributed by atoms with van der Waals surface area (Å²) in [6, 6.07) is 0. The highest BCUT2D eigenvalue weighted by atomic mass is 127. The summed E-state index contributed by atoms with van der Waals surface area (Å²) in [7, 11) is 1.39. The van der Waals surface area contributed by atoms with Crippen LogP contribution in [0, 0.1) is 3.57 Å². The average Bonchev–Trinajstić information content (AvgIpc) is 2.31. The summed E-state index contributed by atoms with van der Waals surface area (Å²) in [5, 5.41) is 0. The molecule has 0 N–H and O–H groups in total. The number of carbonyl (C=O) groups excluding carboxylic acids is 1. The monoisotopic (exact) mass is 371 g/mol. The molecule has 0 radical (unpaired) electrons. The minimum atomic E-state index is -2.69. The normalized spacial score (nSPS) is 10.6. The number of carbonyl (C=O) groups is 1.